The number of piperidine rings is 2. The van der Waals surface area contributed by atoms with Crippen molar-refractivity contribution in [2.75, 3.05) is 52.5 Å². The third kappa shape index (κ3) is 9.32. The number of rotatable bonds is 12. The van der Waals surface area contributed by atoms with E-state index in [-0.39, 0.29) is 0 Å². The normalized spacial score (nSPS) is 19.3. The number of benzene rings is 2. The average Bonchev–Trinajstić information content (AvgIpc) is 2.89. The Morgan fingerprint density at radius 3 is 1.34 bits per heavy atom. The van der Waals surface area contributed by atoms with Crippen LogP contribution < -0.4 is 9.47 Å². The third-order valence-corrected chi connectivity index (χ3v) is 7.62. The van der Waals surface area contributed by atoms with E-state index in [0.717, 1.165) is 47.5 Å². The second-order valence-electron chi connectivity index (χ2n) is 9.70. The number of aliphatic hydroxyl groups excluding tert-OH is 2. The van der Waals surface area contributed by atoms with E-state index >= 15 is 0 Å². The van der Waals surface area contributed by atoms with Crippen molar-refractivity contribution in [3.63, 3.8) is 0 Å². The number of hydrogen-bond donors (Lipinski definition) is 2. The van der Waals surface area contributed by atoms with Gasteiger partial charge in [-0.15, -0.1) is 0 Å². The lowest BCUT2D eigenvalue weighted by atomic mass is 10.1. The highest BCUT2D eigenvalue weighted by Crippen LogP contribution is 2.30. The van der Waals surface area contributed by atoms with Crippen molar-refractivity contribution in [3.8, 4) is 11.5 Å². The number of likely N-dealkylation sites (tertiary alicyclic amines) is 2. The Labute approximate surface area is 214 Å². The minimum Gasteiger partial charge on any atom is -0.491 e. The molecule has 2 saturated heterocycles. The minimum atomic E-state index is -0.464. The molecule has 0 amide bonds. The fraction of sp³-hybridized carbons (Fsp3) is 0.571. The Morgan fingerprint density at radius 1 is 0.600 bits per heavy atom. The zero-order valence-electron chi connectivity index (χ0n) is 20.7. The van der Waals surface area contributed by atoms with Gasteiger partial charge in [0.05, 0.1) is 0 Å². The summed E-state index contributed by atoms with van der Waals surface area (Å²) in [5.41, 5.74) is 0. The van der Waals surface area contributed by atoms with E-state index < -0.39 is 12.2 Å². The smallest absolute Gasteiger partial charge is 0.119 e. The Balaban J connectivity index is 1.15. The summed E-state index contributed by atoms with van der Waals surface area (Å²) in [5, 5.41) is 20.6. The van der Waals surface area contributed by atoms with Gasteiger partial charge in [0.25, 0.3) is 0 Å². The predicted octanol–water partition coefficient (Wildman–Crippen LogP) is 4.29. The van der Waals surface area contributed by atoms with Crippen molar-refractivity contribution in [3.05, 3.63) is 48.5 Å². The lowest BCUT2D eigenvalue weighted by Gasteiger charge is -2.28. The van der Waals surface area contributed by atoms with Crippen LogP contribution in [0.2, 0.25) is 0 Å². The molecule has 2 aromatic rings. The molecule has 6 nitrogen and oxygen atoms in total. The van der Waals surface area contributed by atoms with Crippen molar-refractivity contribution in [1.82, 2.24) is 9.80 Å². The highest BCUT2D eigenvalue weighted by atomic mass is 32.2. The van der Waals surface area contributed by atoms with Gasteiger partial charge in [0, 0.05) is 22.9 Å². The van der Waals surface area contributed by atoms with Gasteiger partial charge in [-0.2, -0.15) is 0 Å². The largest absolute Gasteiger partial charge is 0.491 e. The molecule has 0 aromatic heterocycles. The van der Waals surface area contributed by atoms with E-state index in [0.29, 0.717) is 26.3 Å². The summed E-state index contributed by atoms with van der Waals surface area (Å²) >= 11 is 1.68. The molecule has 2 atom stereocenters. The van der Waals surface area contributed by atoms with Gasteiger partial charge in [0.2, 0.25) is 0 Å². The van der Waals surface area contributed by atoms with Crippen LogP contribution in [-0.4, -0.2) is 84.7 Å². The van der Waals surface area contributed by atoms with Gasteiger partial charge >= 0.3 is 0 Å². The van der Waals surface area contributed by atoms with Crippen molar-refractivity contribution in [2.24, 2.45) is 0 Å². The first-order chi connectivity index (χ1) is 17.1. The molecule has 4 rings (SSSR count). The van der Waals surface area contributed by atoms with Crippen LogP contribution in [0, 0.1) is 0 Å². The Morgan fingerprint density at radius 2 is 0.971 bits per heavy atom. The summed E-state index contributed by atoms with van der Waals surface area (Å²) in [7, 11) is 0. The molecule has 0 spiro atoms. The van der Waals surface area contributed by atoms with E-state index in [1.54, 1.807) is 11.8 Å². The second kappa shape index (κ2) is 14.1. The first-order valence-corrected chi connectivity index (χ1v) is 13.9. The quantitative estimate of drug-likeness (QED) is 0.451. The van der Waals surface area contributed by atoms with Crippen LogP contribution in [0.4, 0.5) is 0 Å². The summed E-state index contributed by atoms with van der Waals surface area (Å²) in [6.07, 6.45) is 6.58. The highest BCUT2D eigenvalue weighted by Gasteiger charge is 2.16. The number of aliphatic hydroxyl groups is 2. The molecule has 7 heteroatoms. The van der Waals surface area contributed by atoms with Gasteiger partial charge in [0.1, 0.15) is 36.9 Å². The Hall–Kier alpha value is -1.77. The van der Waals surface area contributed by atoms with E-state index in [4.69, 9.17) is 9.47 Å². The van der Waals surface area contributed by atoms with Gasteiger partial charge in [-0.3, -0.25) is 0 Å². The molecule has 35 heavy (non-hydrogen) atoms. The molecule has 2 N–H and O–H groups in total. The van der Waals surface area contributed by atoms with Gasteiger partial charge in [-0.05, 0) is 100 Å². The number of ether oxygens (including phenoxy) is 2. The monoisotopic (exact) mass is 500 g/mol. The molecule has 2 fully saturated rings. The molecule has 2 aliphatic heterocycles. The van der Waals surface area contributed by atoms with Crippen LogP contribution in [-0.2, 0) is 0 Å². The molecule has 2 heterocycles. The molecule has 2 aromatic carbocycles. The molecule has 0 radical (unpaired) electrons. The van der Waals surface area contributed by atoms with E-state index in [1.165, 1.54) is 38.5 Å². The maximum Gasteiger partial charge on any atom is 0.119 e. The SMILES string of the molecule is OC(COc1ccc(Sc2ccc(OCC(O)CN3CCCCC3)cc2)cc1)CN1CCCCC1. The standard InChI is InChI=1S/C28H40N2O4S/c31-23(19-29-15-3-1-4-16-29)21-33-25-7-11-27(12-8-25)35-28-13-9-26(10-14-28)34-22-24(32)20-30-17-5-2-6-18-30/h7-14,23-24,31-32H,1-6,15-22H2. The molecule has 2 aliphatic rings. The van der Waals surface area contributed by atoms with Gasteiger partial charge in [0.15, 0.2) is 0 Å². The van der Waals surface area contributed by atoms with Crippen molar-refractivity contribution in [1.29, 1.82) is 0 Å². The lowest BCUT2D eigenvalue weighted by Crippen LogP contribution is -2.38. The lowest BCUT2D eigenvalue weighted by molar-refractivity contribution is 0.0616. The molecular weight excluding hydrogens is 460 g/mol. The van der Waals surface area contributed by atoms with E-state index in [2.05, 4.69) is 9.80 Å². The first kappa shape index (κ1) is 26.3. The summed E-state index contributed by atoms with van der Waals surface area (Å²) in [4.78, 5) is 6.89. The minimum absolute atomic E-state index is 0.317. The van der Waals surface area contributed by atoms with E-state index in [9.17, 15) is 10.2 Å². The molecule has 0 aliphatic carbocycles. The van der Waals surface area contributed by atoms with Gasteiger partial charge in [-0.25, -0.2) is 0 Å². The van der Waals surface area contributed by atoms with Crippen molar-refractivity contribution < 1.29 is 19.7 Å². The van der Waals surface area contributed by atoms with Crippen molar-refractivity contribution >= 4 is 11.8 Å². The number of β-amino-alcohol motifs (C(OH)–C–C–N with tert-alkyl or cyclic N) is 2. The van der Waals surface area contributed by atoms with Gasteiger partial charge < -0.3 is 29.5 Å². The van der Waals surface area contributed by atoms with E-state index in [1.807, 2.05) is 48.5 Å². The van der Waals surface area contributed by atoms with Crippen LogP contribution in [0.3, 0.4) is 0 Å². The van der Waals surface area contributed by atoms with Crippen LogP contribution in [0.15, 0.2) is 58.3 Å². The molecular formula is C28H40N2O4S. The summed E-state index contributed by atoms with van der Waals surface area (Å²) in [6.45, 7) is 6.32. The second-order valence-corrected chi connectivity index (χ2v) is 10.8. The van der Waals surface area contributed by atoms with Crippen LogP contribution in [0.1, 0.15) is 38.5 Å². The maximum atomic E-state index is 10.3. The van der Waals surface area contributed by atoms with Gasteiger partial charge in [-0.1, -0.05) is 24.6 Å². The number of hydrogen-bond acceptors (Lipinski definition) is 7. The average molecular weight is 501 g/mol. The topological polar surface area (TPSA) is 65.4 Å². The Bertz CT molecular complexity index is 781. The third-order valence-electron chi connectivity index (χ3n) is 6.60. The Kier molecular flexibility index (Phi) is 10.6. The van der Waals surface area contributed by atoms with Crippen molar-refractivity contribution in [2.45, 2.75) is 60.5 Å². The zero-order valence-corrected chi connectivity index (χ0v) is 21.5. The maximum absolute atomic E-state index is 10.3. The summed E-state index contributed by atoms with van der Waals surface area (Å²) in [5.74, 6) is 1.55. The first-order valence-electron chi connectivity index (χ1n) is 13.1. The molecule has 192 valence electrons. The van der Waals surface area contributed by atoms with Crippen LogP contribution in [0.5, 0.6) is 11.5 Å². The molecule has 2 unspecified atom stereocenters. The molecule has 0 bridgehead atoms. The summed E-state index contributed by atoms with van der Waals surface area (Å²) in [6, 6.07) is 16.0. The fourth-order valence-electron chi connectivity index (χ4n) is 4.71. The zero-order chi connectivity index (χ0) is 24.3. The predicted molar refractivity (Wildman–Crippen MR) is 141 cm³/mol. The molecule has 0 saturated carbocycles. The van der Waals surface area contributed by atoms with Crippen LogP contribution >= 0.6 is 11.8 Å². The summed E-state index contributed by atoms with van der Waals surface area (Å²) < 4.78 is 11.6. The fourth-order valence-corrected chi connectivity index (χ4v) is 5.53. The highest BCUT2D eigenvalue weighted by molar-refractivity contribution is 7.99. The van der Waals surface area contributed by atoms with Crippen LogP contribution in [0.25, 0.3) is 0 Å². The number of nitrogens with zero attached hydrogens (tertiary/aromatic N) is 2.